The number of hydrogen-bond acceptors (Lipinski definition) is 8. The number of nitrogens with zero attached hydrogens (tertiary/aromatic N) is 1. The van der Waals surface area contributed by atoms with Gasteiger partial charge in [-0.1, -0.05) is 26.0 Å². The van der Waals surface area contributed by atoms with Crippen molar-refractivity contribution in [1.82, 2.24) is 10.6 Å². The van der Waals surface area contributed by atoms with Gasteiger partial charge in [-0.2, -0.15) is 0 Å². The molecule has 3 N–H and O–H groups in total. The molecular weight excluding hydrogens is 484 g/mol. The van der Waals surface area contributed by atoms with Gasteiger partial charge in [0.25, 0.3) is 5.69 Å². The van der Waals surface area contributed by atoms with Gasteiger partial charge in [0.2, 0.25) is 18.2 Å². The number of carbonyl (C=O) groups is 4. The molecule has 0 aliphatic rings. The fraction of sp³-hybridized carbons (Fsp3) is 0.280. The van der Waals surface area contributed by atoms with E-state index in [1.807, 2.05) is 0 Å². The second-order valence-electron chi connectivity index (χ2n) is 8.01. The van der Waals surface area contributed by atoms with Crippen molar-refractivity contribution in [2.45, 2.75) is 32.4 Å². The topological polar surface area (TPSA) is 166 Å². The molecule has 37 heavy (non-hydrogen) atoms. The van der Waals surface area contributed by atoms with Gasteiger partial charge in [-0.25, -0.2) is 4.79 Å². The fourth-order valence-electron chi connectivity index (χ4n) is 3.11. The Morgan fingerprint density at radius 1 is 1.11 bits per heavy atom. The van der Waals surface area contributed by atoms with Crippen molar-refractivity contribution < 1.29 is 33.6 Å². The molecule has 2 atom stereocenters. The molecule has 12 nitrogen and oxygen atoms in total. The Labute approximate surface area is 212 Å². The van der Waals surface area contributed by atoms with E-state index in [2.05, 4.69) is 21.9 Å². The summed E-state index contributed by atoms with van der Waals surface area (Å²) in [5.41, 5.74) is 0.794. The summed E-state index contributed by atoms with van der Waals surface area (Å²) >= 11 is 0. The average Bonchev–Trinajstić information content (AvgIpc) is 2.86. The summed E-state index contributed by atoms with van der Waals surface area (Å²) in [7, 11) is 0. The van der Waals surface area contributed by atoms with Crippen molar-refractivity contribution in [2.75, 3.05) is 11.9 Å². The number of amides is 3. The monoisotopic (exact) mass is 510 g/mol. The van der Waals surface area contributed by atoms with Crippen LogP contribution < -0.4 is 20.7 Å². The summed E-state index contributed by atoms with van der Waals surface area (Å²) in [5.74, 6) is 1.33. The van der Waals surface area contributed by atoms with Crippen molar-refractivity contribution in [3.8, 4) is 18.1 Å². The van der Waals surface area contributed by atoms with Crippen LogP contribution in [-0.2, 0) is 19.1 Å². The third-order valence-corrected chi connectivity index (χ3v) is 4.98. The molecule has 0 radical (unpaired) electrons. The van der Waals surface area contributed by atoms with Crippen LogP contribution in [0.3, 0.4) is 0 Å². The van der Waals surface area contributed by atoms with Crippen molar-refractivity contribution in [2.24, 2.45) is 5.92 Å². The molecule has 0 saturated carbocycles. The number of carbonyl (C=O) groups excluding carboxylic acids is 4. The van der Waals surface area contributed by atoms with Crippen molar-refractivity contribution in [3.63, 3.8) is 0 Å². The first-order valence-corrected chi connectivity index (χ1v) is 11.1. The van der Waals surface area contributed by atoms with Gasteiger partial charge >= 0.3 is 6.16 Å². The van der Waals surface area contributed by atoms with E-state index in [-0.39, 0.29) is 30.3 Å². The first kappa shape index (κ1) is 28.3. The van der Waals surface area contributed by atoms with Gasteiger partial charge in [0.05, 0.1) is 17.9 Å². The Hall–Kier alpha value is -4.92. The molecule has 0 aromatic heterocycles. The van der Waals surface area contributed by atoms with Crippen LogP contribution in [0.1, 0.15) is 31.9 Å². The summed E-state index contributed by atoms with van der Waals surface area (Å²) in [4.78, 5) is 57.3. The zero-order valence-corrected chi connectivity index (χ0v) is 20.1. The molecule has 0 saturated heterocycles. The van der Waals surface area contributed by atoms with Crippen LogP contribution in [0.4, 0.5) is 16.2 Å². The quantitative estimate of drug-likeness (QED) is 0.0979. The number of nitro groups is 1. The van der Waals surface area contributed by atoms with Crippen LogP contribution in [0.2, 0.25) is 0 Å². The third kappa shape index (κ3) is 8.99. The van der Waals surface area contributed by atoms with E-state index in [4.69, 9.17) is 15.9 Å². The smallest absolute Gasteiger partial charge is 0.425 e. The standard InChI is InChI=1S/C25H26N4O8/c1-4-5-21(37-25(33)36-20-12-10-19(11-13-20)29(34)35)17-6-8-18(9-7-17)28-22(31)14-26-24(32)23(16(2)3)27-15-30/h1,6-13,15-16,21,23H,5,14H2,2-3H3,(H,26,32)(H,27,30)(H,28,31). The van der Waals surface area contributed by atoms with E-state index >= 15 is 0 Å². The maximum atomic E-state index is 12.2. The summed E-state index contributed by atoms with van der Waals surface area (Å²) in [6.07, 6.45) is 3.96. The van der Waals surface area contributed by atoms with Crippen LogP contribution in [0.15, 0.2) is 48.5 Å². The lowest BCUT2D eigenvalue weighted by molar-refractivity contribution is -0.384. The molecule has 0 fully saturated rings. The minimum atomic E-state index is -1.05. The summed E-state index contributed by atoms with van der Waals surface area (Å²) in [6.45, 7) is 3.21. The van der Waals surface area contributed by atoms with Gasteiger partial charge in [0.1, 0.15) is 17.9 Å². The van der Waals surface area contributed by atoms with Crippen LogP contribution in [0.5, 0.6) is 5.75 Å². The van der Waals surface area contributed by atoms with Crippen molar-refractivity contribution in [1.29, 1.82) is 0 Å². The van der Waals surface area contributed by atoms with E-state index in [1.54, 1.807) is 38.1 Å². The van der Waals surface area contributed by atoms with Gasteiger partial charge in [-0.3, -0.25) is 24.5 Å². The van der Waals surface area contributed by atoms with Crippen molar-refractivity contribution in [3.05, 3.63) is 64.2 Å². The second kappa shape index (κ2) is 13.8. The number of rotatable bonds is 12. The molecule has 2 aromatic rings. The SMILES string of the molecule is C#CCC(OC(=O)Oc1ccc([N+](=O)[O-])cc1)c1ccc(NC(=O)CNC(=O)C(NC=O)C(C)C)cc1. The number of ether oxygens (including phenoxy) is 2. The Balaban J connectivity index is 1.93. The predicted octanol–water partition coefficient (Wildman–Crippen LogP) is 2.70. The highest BCUT2D eigenvalue weighted by Gasteiger charge is 2.22. The fourth-order valence-corrected chi connectivity index (χ4v) is 3.11. The largest absolute Gasteiger partial charge is 0.514 e. The highest BCUT2D eigenvalue weighted by Crippen LogP contribution is 2.24. The van der Waals surface area contributed by atoms with Crippen LogP contribution in [-0.4, -0.2) is 41.9 Å². The molecule has 2 unspecified atom stereocenters. The normalized spacial score (nSPS) is 11.8. The third-order valence-electron chi connectivity index (χ3n) is 4.98. The first-order valence-electron chi connectivity index (χ1n) is 11.1. The molecule has 0 bridgehead atoms. The van der Waals surface area contributed by atoms with Crippen LogP contribution in [0, 0.1) is 28.4 Å². The molecule has 12 heteroatoms. The highest BCUT2D eigenvalue weighted by molar-refractivity contribution is 5.95. The van der Waals surface area contributed by atoms with Crippen LogP contribution in [0.25, 0.3) is 0 Å². The molecule has 0 aliphatic heterocycles. The lowest BCUT2D eigenvalue weighted by atomic mass is 10.0. The zero-order chi connectivity index (χ0) is 27.4. The average molecular weight is 511 g/mol. The molecule has 194 valence electrons. The van der Waals surface area contributed by atoms with Gasteiger partial charge in [0, 0.05) is 17.8 Å². The van der Waals surface area contributed by atoms with E-state index in [0.717, 1.165) is 0 Å². The number of hydrogen-bond donors (Lipinski definition) is 3. The second-order valence-corrected chi connectivity index (χ2v) is 8.01. The van der Waals surface area contributed by atoms with Crippen molar-refractivity contribution >= 4 is 35.8 Å². The Morgan fingerprint density at radius 2 is 1.76 bits per heavy atom. The molecule has 2 rings (SSSR count). The Bertz CT molecular complexity index is 1160. The number of benzene rings is 2. The number of anilines is 1. The van der Waals surface area contributed by atoms with E-state index < -0.39 is 35.0 Å². The van der Waals surface area contributed by atoms with Crippen LogP contribution >= 0.6 is 0 Å². The minimum absolute atomic E-state index is 0.0406. The molecule has 3 amide bonds. The Morgan fingerprint density at radius 3 is 2.30 bits per heavy atom. The molecule has 2 aromatic carbocycles. The summed E-state index contributed by atoms with van der Waals surface area (Å²) < 4.78 is 10.4. The number of terminal acetylenes is 1. The number of nitrogens with one attached hydrogen (secondary N) is 3. The highest BCUT2D eigenvalue weighted by atomic mass is 16.7. The van der Waals surface area contributed by atoms with E-state index in [9.17, 15) is 29.3 Å². The first-order chi connectivity index (χ1) is 17.6. The lowest BCUT2D eigenvalue weighted by Crippen LogP contribution is -2.48. The zero-order valence-electron chi connectivity index (χ0n) is 20.1. The van der Waals surface area contributed by atoms with Gasteiger partial charge < -0.3 is 25.4 Å². The maximum Gasteiger partial charge on any atom is 0.514 e. The van der Waals surface area contributed by atoms with Gasteiger partial charge in [-0.05, 0) is 35.7 Å². The predicted molar refractivity (Wildman–Crippen MR) is 132 cm³/mol. The maximum absolute atomic E-state index is 12.2. The minimum Gasteiger partial charge on any atom is -0.425 e. The van der Waals surface area contributed by atoms with E-state index in [1.165, 1.54) is 24.3 Å². The van der Waals surface area contributed by atoms with E-state index in [0.29, 0.717) is 17.7 Å². The Kier molecular flexibility index (Phi) is 10.6. The number of nitro benzene ring substituents is 1. The number of non-ortho nitro benzene ring substituents is 1. The molecule has 0 spiro atoms. The summed E-state index contributed by atoms with van der Waals surface area (Å²) in [6, 6.07) is 10.5. The van der Waals surface area contributed by atoms with Gasteiger partial charge in [0.15, 0.2) is 0 Å². The molecule has 0 aliphatic carbocycles. The lowest BCUT2D eigenvalue weighted by Gasteiger charge is -2.19. The van der Waals surface area contributed by atoms with Gasteiger partial charge in [-0.15, -0.1) is 12.3 Å². The molecule has 0 heterocycles. The summed E-state index contributed by atoms with van der Waals surface area (Å²) in [5, 5.41) is 18.2. The molecular formula is C25H26N4O8.